The lowest BCUT2D eigenvalue weighted by Crippen LogP contribution is -2.15. The Morgan fingerprint density at radius 3 is 1.46 bits per heavy atom. The zero-order valence-corrected chi connectivity index (χ0v) is 43.5. The zero-order chi connectivity index (χ0) is 51.2. The molecule has 11 aromatic rings. The third kappa shape index (κ3) is 8.38. The van der Waals surface area contributed by atoms with Gasteiger partial charge in [0.05, 0.1) is 44.4 Å². The number of aryl methyl sites for hydroxylation is 2. The van der Waals surface area contributed by atoms with Crippen LogP contribution < -0.4 is 27.3 Å². The largest absolute Gasteiger partial charge is 0.493 e. The van der Waals surface area contributed by atoms with E-state index in [2.05, 4.69) is 26.0 Å². The Bertz CT molecular complexity index is 4030. The van der Waals surface area contributed by atoms with Crippen molar-refractivity contribution in [2.45, 2.75) is 162 Å². The minimum absolute atomic E-state index is 0.0258. The number of unbranched alkanes of at least 4 members (excludes halogenated alkanes) is 18. The zero-order valence-electron chi connectivity index (χ0n) is 43.5. The molecule has 0 spiro atoms. The number of nitro groups is 1. The van der Waals surface area contributed by atoms with Crippen LogP contribution in [-0.4, -0.2) is 30.3 Å². The van der Waals surface area contributed by atoms with Crippen LogP contribution in [0.3, 0.4) is 0 Å². The van der Waals surface area contributed by atoms with Crippen LogP contribution in [0.5, 0.6) is 5.75 Å². The summed E-state index contributed by atoms with van der Waals surface area (Å²) < 4.78 is 9.87. The fourth-order valence-electron chi connectivity index (χ4n) is 12.6. The molecule has 0 atom stereocenters. The molecule has 0 amide bonds. The van der Waals surface area contributed by atoms with E-state index in [9.17, 15) is 10.1 Å². The highest BCUT2D eigenvalue weighted by Crippen LogP contribution is 2.50. The summed E-state index contributed by atoms with van der Waals surface area (Å²) >= 11 is 0. The summed E-state index contributed by atoms with van der Waals surface area (Å²) in [6.45, 7) is 6.78. The molecule has 0 aliphatic rings. The van der Waals surface area contributed by atoms with Gasteiger partial charge in [-0.25, -0.2) is 9.97 Å². The van der Waals surface area contributed by atoms with Gasteiger partial charge in [-0.1, -0.05) is 142 Å². The van der Waals surface area contributed by atoms with Gasteiger partial charge in [0, 0.05) is 66.1 Å². The summed E-state index contributed by atoms with van der Waals surface area (Å²) in [7, 11) is 0. The number of fused-ring (bicyclic) bond motifs is 10. The molecular formula is C62H69N7O5. The molecule has 0 bridgehead atoms. The number of nitrogens with zero attached hydrogens (tertiary/aromatic N) is 5. The highest BCUT2D eigenvalue weighted by molar-refractivity contribution is 6.43. The van der Waals surface area contributed by atoms with E-state index >= 15 is 9.59 Å². The summed E-state index contributed by atoms with van der Waals surface area (Å²) in [4.78, 5) is 52.4. The number of hydrogen-bond acceptors (Lipinski definition) is 9. The van der Waals surface area contributed by atoms with E-state index in [0.29, 0.717) is 79.7 Å². The van der Waals surface area contributed by atoms with Crippen LogP contribution in [0, 0.1) is 10.1 Å². The molecule has 7 aromatic carbocycles. The number of imidazole rings is 2. The molecule has 0 fully saturated rings. The van der Waals surface area contributed by atoms with Crippen molar-refractivity contribution >= 4 is 115 Å². The summed E-state index contributed by atoms with van der Waals surface area (Å²) in [6, 6.07) is 19.1. The van der Waals surface area contributed by atoms with E-state index in [1.165, 1.54) is 102 Å². The van der Waals surface area contributed by atoms with Gasteiger partial charge in [-0.3, -0.25) is 28.5 Å². The number of nitrogen functional groups attached to an aromatic ring is 2. The third-order valence-corrected chi connectivity index (χ3v) is 16.3. The molecule has 12 nitrogen and oxygen atoms in total. The van der Waals surface area contributed by atoms with E-state index in [0.717, 1.165) is 98.1 Å². The Hall–Kier alpha value is -7.08. The lowest BCUT2D eigenvalue weighted by atomic mass is 9.85. The van der Waals surface area contributed by atoms with Crippen molar-refractivity contribution in [1.82, 2.24) is 18.8 Å². The molecular weight excluding hydrogens is 923 g/mol. The van der Waals surface area contributed by atoms with E-state index in [4.69, 9.17) is 26.2 Å². The average molecular weight is 992 g/mol. The van der Waals surface area contributed by atoms with Gasteiger partial charge in [-0.05, 0) is 91.4 Å². The van der Waals surface area contributed by atoms with Crippen LogP contribution in [-0.2, 0) is 12.8 Å². The Morgan fingerprint density at radius 1 is 0.486 bits per heavy atom. The second-order valence-corrected chi connectivity index (χ2v) is 21.2. The smallest absolute Gasteiger partial charge is 0.274 e. The number of pyridine rings is 2. The van der Waals surface area contributed by atoms with Crippen LogP contribution in [0.1, 0.15) is 160 Å². The minimum atomic E-state index is -0.328. The molecule has 0 aliphatic carbocycles. The predicted molar refractivity (Wildman–Crippen MR) is 308 cm³/mol. The number of ether oxygens (including phenoxy) is 1. The number of nitrogens with two attached hydrogens (primary N) is 2. The molecule has 4 N–H and O–H groups in total. The Kier molecular flexibility index (Phi) is 13.7. The predicted octanol–water partition coefficient (Wildman–Crippen LogP) is 15.6. The topological polar surface area (TPSA) is 173 Å². The van der Waals surface area contributed by atoms with Crippen LogP contribution in [0.4, 0.5) is 17.1 Å². The summed E-state index contributed by atoms with van der Waals surface area (Å²) in [6.07, 6.45) is 25.6. The maximum absolute atomic E-state index is 15.1. The molecule has 0 unspecified atom stereocenters. The van der Waals surface area contributed by atoms with Gasteiger partial charge in [-0.15, -0.1) is 0 Å². The first-order valence-electron chi connectivity index (χ1n) is 27.9. The fraction of sp³-hybridized carbons (Fsp3) is 0.419. The number of benzene rings is 7. The van der Waals surface area contributed by atoms with Crippen molar-refractivity contribution < 1.29 is 9.66 Å². The normalized spacial score (nSPS) is 12.5. The average Bonchev–Trinajstić information content (AvgIpc) is 3.98. The van der Waals surface area contributed by atoms with E-state index < -0.39 is 0 Å². The second-order valence-electron chi connectivity index (χ2n) is 21.2. The molecule has 4 aromatic heterocycles. The van der Waals surface area contributed by atoms with Crippen molar-refractivity contribution in [2.75, 3.05) is 18.1 Å². The molecule has 4 heterocycles. The number of nitro benzene ring substituents is 1. The number of aromatic nitrogens is 4. The molecule has 0 aliphatic heterocycles. The van der Waals surface area contributed by atoms with Gasteiger partial charge in [0.15, 0.2) is 0 Å². The number of anilines is 2. The SMILES string of the molecule is CCCCCCCCCCCCc1cc2c(cc1N)nc1c3ccc4c5c(N)cc6c(=O)n7c8cc(CCCCCCCCCCCC)c([N+](=O)[O-])cc8nc7c7ccc(c8c(OCC)cc(c(=O)n21)c3c48)c5c67. The van der Waals surface area contributed by atoms with Gasteiger partial charge >= 0.3 is 0 Å². The molecule has 0 saturated carbocycles. The quantitative estimate of drug-likeness (QED) is 0.0141. The molecule has 382 valence electrons. The summed E-state index contributed by atoms with van der Waals surface area (Å²) in [5, 5.41) is 21.4. The summed E-state index contributed by atoms with van der Waals surface area (Å²) in [5.74, 6) is 0.557. The fourth-order valence-corrected chi connectivity index (χ4v) is 12.6. The van der Waals surface area contributed by atoms with Crippen molar-refractivity contribution in [3.63, 3.8) is 0 Å². The van der Waals surface area contributed by atoms with Gasteiger partial charge in [0.2, 0.25) is 0 Å². The van der Waals surface area contributed by atoms with E-state index in [1.54, 1.807) is 20.9 Å². The lowest BCUT2D eigenvalue weighted by molar-refractivity contribution is -0.385. The molecule has 0 radical (unpaired) electrons. The molecule has 74 heavy (non-hydrogen) atoms. The maximum Gasteiger partial charge on any atom is 0.274 e. The first-order valence-corrected chi connectivity index (χ1v) is 27.9. The lowest BCUT2D eigenvalue weighted by Gasteiger charge is -2.21. The highest BCUT2D eigenvalue weighted by atomic mass is 16.6. The van der Waals surface area contributed by atoms with Crippen LogP contribution in [0.15, 0.2) is 70.3 Å². The van der Waals surface area contributed by atoms with Gasteiger partial charge in [0.25, 0.3) is 16.8 Å². The third-order valence-electron chi connectivity index (χ3n) is 16.3. The second kappa shape index (κ2) is 20.7. The van der Waals surface area contributed by atoms with Crippen LogP contribution in [0.2, 0.25) is 0 Å². The van der Waals surface area contributed by atoms with Gasteiger partial charge in [0.1, 0.15) is 17.0 Å². The van der Waals surface area contributed by atoms with Gasteiger partial charge < -0.3 is 16.2 Å². The van der Waals surface area contributed by atoms with Crippen molar-refractivity contribution in [3.05, 3.63) is 103 Å². The number of hydrogen-bond donors (Lipinski definition) is 2. The Balaban J connectivity index is 1.00. The Labute approximate surface area is 430 Å². The van der Waals surface area contributed by atoms with E-state index in [-0.39, 0.29) is 21.7 Å². The van der Waals surface area contributed by atoms with Crippen molar-refractivity contribution in [1.29, 1.82) is 0 Å². The first kappa shape index (κ1) is 49.1. The number of rotatable bonds is 25. The van der Waals surface area contributed by atoms with Crippen molar-refractivity contribution in [2.24, 2.45) is 0 Å². The van der Waals surface area contributed by atoms with Crippen LogP contribution >= 0.6 is 0 Å². The van der Waals surface area contributed by atoms with E-state index in [1.807, 2.05) is 37.3 Å². The molecule has 11 rings (SSSR count). The van der Waals surface area contributed by atoms with Crippen LogP contribution in [0.25, 0.3) is 98.0 Å². The first-order chi connectivity index (χ1) is 36.1. The monoisotopic (exact) mass is 992 g/mol. The highest BCUT2D eigenvalue weighted by Gasteiger charge is 2.28. The maximum atomic E-state index is 15.1. The molecule has 12 heteroatoms. The minimum Gasteiger partial charge on any atom is -0.493 e. The standard InChI is InChI=1S/C62H69N7O5/c1-4-7-9-11-13-15-17-19-21-23-25-37-31-50-47(35-45(37)63)65-59-42-29-27-39-55-46(64)33-43-53-41(30-28-40(57(53)55)56-52(74-6-3)34-44(54(42)58(39)56)62(71)67(50)59)60-66-48-36-49(69(72)73)38(32-51(48)68(60)61(43)70)26-24-22-20-18-16-14-12-10-8-5-2/h27-36H,4-26,63-64H2,1-3H3. The van der Waals surface area contributed by atoms with Crippen molar-refractivity contribution in [3.8, 4) is 5.75 Å². The van der Waals surface area contributed by atoms with Gasteiger partial charge in [-0.2, -0.15) is 0 Å². The Morgan fingerprint density at radius 2 is 0.932 bits per heavy atom. The molecule has 0 saturated heterocycles. The summed E-state index contributed by atoms with van der Waals surface area (Å²) in [5.41, 5.74) is 19.5.